The van der Waals surface area contributed by atoms with Gasteiger partial charge in [0.05, 0.1) is 5.69 Å². The summed E-state index contributed by atoms with van der Waals surface area (Å²) in [5.74, 6) is 1.36. The van der Waals surface area contributed by atoms with E-state index >= 15 is 0 Å². The zero-order valence-corrected chi connectivity index (χ0v) is 8.43. The summed E-state index contributed by atoms with van der Waals surface area (Å²) >= 11 is 0. The second kappa shape index (κ2) is 3.12. The molecule has 1 fully saturated rings. The molecule has 76 valence electrons. The lowest BCUT2D eigenvalue weighted by atomic mass is 10.1. The molecule has 0 aliphatic heterocycles. The molecule has 0 atom stereocenters. The molecule has 1 aromatic heterocycles. The Morgan fingerprint density at radius 1 is 1.13 bits per heavy atom. The molecule has 3 nitrogen and oxygen atoms in total. The average molecular weight is 199 g/mol. The number of aromatic nitrogens is 2. The maximum atomic E-state index is 5.57. The van der Waals surface area contributed by atoms with E-state index in [1.807, 2.05) is 6.20 Å². The molecular weight excluding hydrogens is 186 g/mol. The first kappa shape index (κ1) is 8.53. The predicted octanol–water partition coefficient (Wildman–Crippen LogP) is 2.33. The highest BCUT2D eigenvalue weighted by Crippen LogP contribution is 2.40. The van der Waals surface area contributed by atoms with Crippen LogP contribution in [0.3, 0.4) is 0 Å². The van der Waals surface area contributed by atoms with Gasteiger partial charge in [-0.1, -0.05) is 12.1 Å². The molecular formula is C12H13N3. The Bertz CT molecular complexity index is 466. The minimum Gasteiger partial charge on any atom is -0.382 e. The van der Waals surface area contributed by atoms with Crippen molar-refractivity contribution in [1.29, 1.82) is 0 Å². The van der Waals surface area contributed by atoms with Gasteiger partial charge >= 0.3 is 0 Å². The zero-order valence-electron chi connectivity index (χ0n) is 8.43. The van der Waals surface area contributed by atoms with E-state index in [2.05, 4.69) is 29.4 Å². The van der Waals surface area contributed by atoms with Gasteiger partial charge in [-0.2, -0.15) is 5.10 Å². The van der Waals surface area contributed by atoms with Gasteiger partial charge in [-0.25, -0.2) is 4.68 Å². The van der Waals surface area contributed by atoms with Crippen LogP contribution in [0, 0.1) is 0 Å². The van der Waals surface area contributed by atoms with Crippen molar-refractivity contribution < 1.29 is 0 Å². The van der Waals surface area contributed by atoms with E-state index in [1.165, 1.54) is 18.4 Å². The molecule has 0 amide bonds. The first-order valence-electron chi connectivity index (χ1n) is 5.24. The molecule has 15 heavy (non-hydrogen) atoms. The van der Waals surface area contributed by atoms with Crippen molar-refractivity contribution in [3.63, 3.8) is 0 Å². The second-order valence-electron chi connectivity index (χ2n) is 4.05. The van der Waals surface area contributed by atoms with E-state index in [9.17, 15) is 0 Å². The molecule has 0 radical (unpaired) electrons. The minimum absolute atomic E-state index is 0.557. The van der Waals surface area contributed by atoms with E-state index in [4.69, 9.17) is 5.73 Å². The molecule has 1 heterocycles. The molecule has 2 N–H and O–H groups in total. The van der Waals surface area contributed by atoms with Crippen molar-refractivity contribution in [3.05, 3.63) is 42.1 Å². The third kappa shape index (κ3) is 1.61. The average Bonchev–Trinajstić information content (AvgIpc) is 3.02. The number of hydrogen-bond donors (Lipinski definition) is 1. The van der Waals surface area contributed by atoms with Crippen LogP contribution in [0.1, 0.15) is 24.3 Å². The monoisotopic (exact) mass is 199 g/mol. The summed E-state index contributed by atoms with van der Waals surface area (Å²) in [5, 5.41) is 4.17. The second-order valence-corrected chi connectivity index (χ2v) is 4.05. The summed E-state index contributed by atoms with van der Waals surface area (Å²) in [7, 11) is 0. The van der Waals surface area contributed by atoms with Crippen LogP contribution in [0.2, 0.25) is 0 Å². The van der Waals surface area contributed by atoms with Crippen LogP contribution >= 0.6 is 0 Å². The summed E-state index contributed by atoms with van der Waals surface area (Å²) < 4.78 is 1.80. The van der Waals surface area contributed by atoms with Gasteiger partial charge in [-0.15, -0.1) is 0 Å². The van der Waals surface area contributed by atoms with Crippen LogP contribution in [0.25, 0.3) is 5.69 Å². The smallest absolute Gasteiger partial charge is 0.145 e. The van der Waals surface area contributed by atoms with Crippen LogP contribution in [0.5, 0.6) is 0 Å². The topological polar surface area (TPSA) is 43.8 Å². The summed E-state index contributed by atoms with van der Waals surface area (Å²) in [6.07, 6.45) is 4.56. The van der Waals surface area contributed by atoms with Gasteiger partial charge in [0.25, 0.3) is 0 Å². The Balaban J connectivity index is 1.92. The Kier molecular flexibility index (Phi) is 1.78. The standard InChI is InChI=1S/C12H13N3/c13-12-7-8-15(14-12)11-5-3-10(4-6-11)9-1-2-9/h3-9H,1-2H2,(H2,13,14). The van der Waals surface area contributed by atoms with Crippen LogP contribution in [0.4, 0.5) is 5.82 Å². The highest BCUT2D eigenvalue weighted by molar-refractivity contribution is 5.38. The Morgan fingerprint density at radius 2 is 1.87 bits per heavy atom. The Labute approximate surface area is 88.5 Å². The highest BCUT2D eigenvalue weighted by Gasteiger charge is 2.22. The number of anilines is 1. The zero-order chi connectivity index (χ0) is 10.3. The van der Waals surface area contributed by atoms with E-state index in [0.717, 1.165) is 11.6 Å². The lowest BCUT2D eigenvalue weighted by molar-refractivity contribution is 0.884. The molecule has 3 rings (SSSR count). The fraction of sp³-hybridized carbons (Fsp3) is 0.250. The Hall–Kier alpha value is -1.77. The van der Waals surface area contributed by atoms with Gasteiger partial charge in [-0.3, -0.25) is 0 Å². The van der Waals surface area contributed by atoms with Crippen LogP contribution in [-0.2, 0) is 0 Å². The van der Waals surface area contributed by atoms with Gasteiger partial charge < -0.3 is 5.73 Å². The number of nitrogens with zero attached hydrogens (tertiary/aromatic N) is 2. The lowest BCUT2D eigenvalue weighted by Crippen LogP contribution is -1.96. The third-order valence-electron chi connectivity index (χ3n) is 2.82. The normalized spacial score (nSPS) is 15.5. The van der Waals surface area contributed by atoms with Crippen molar-refractivity contribution in [1.82, 2.24) is 9.78 Å². The van der Waals surface area contributed by atoms with Crippen LogP contribution < -0.4 is 5.73 Å². The molecule has 1 aliphatic rings. The van der Waals surface area contributed by atoms with Crippen molar-refractivity contribution >= 4 is 5.82 Å². The number of benzene rings is 1. The summed E-state index contributed by atoms with van der Waals surface area (Å²) in [4.78, 5) is 0. The molecule has 0 saturated heterocycles. The summed E-state index contributed by atoms with van der Waals surface area (Å²) in [5.41, 5.74) is 8.08. The van der Waals surface area contributed by atoms with Crippen molar-refractivity contribution in [3.8, 4) is 5.69 Å². The molecule has 3 heteroatoms. The summed E-state index contributed by atoms with van der Waals surface area (Å²) in [6.45, 7) is 0. The van der Waals surface area contributed by atoms with Gasteiger partial charge in [0.1, 0.15) is 5.82 Å². The largest absolute Gasteiger partial charge is 0.382 e. The van der Waals surface area contributed by atoms with Crippen molar-refractivity contribution in [2.45, 2.75) is 18.8 Å². The molecule has 1 aliphatic carbocycles. The van der Waals surface area contributed by atoms with Crippen LogP contribution in [0.15, 0.2) is 36.5 Å². The predicted molar refractivity (Wildman–Crippen MR) is 60.0 cm³/mol. The van der Waals surface area contributed by atoms with E-state index in [1.54, 1.807) is 10.7 Å². The maximum Gasteiger partial charge on any atom is 0.145 e. The molecule has 1 aromatic carbocycles. The fourth-order valence-electron chi connectivity index (χ4n) is 1.80. The maximum absolute atomic E-state index is 5.57. The summed E-state index contributed by atoms with van der Waals surface area (Å²) in [6, 6.07) is 10.4. The first-order valence-corrected chi connectivity index (χ1v) is 5.24. The lowest BCUT2D eigenvalue weighted by Gasteiger charge is -2.02. The quantitative estimate of drug-likeness (QED) is 0.806. The molecule has 0 bridgehead atoms. The fourth-order valence-corrected chi connectivity index (χ4v) is 1.80. The van der Waals surface area contributed by atoms with Gasteiger partial charge in [0, 0.05) is 12.3 Å². The van der Waals surface area contributed by atoms with Crippen molar-refractivity contribution in [2.75, 3.05) is 5.73 Å². The molecule has 1 saturated carbocycles. The van der Waals surface area contributed by atoms with Crippen LogP contribution in [-0.4, -0.2) is 9.78 Å². The number of nitrogens with two attached hydrogens (primary N) is 1. The van der Waals surface area contributed by atoms with Crippen molar-refractivity contribution in [2.24, 2.45) is 0 Å². The molecule has 0 unspecified atom stereocenters. The molecule has 0 spiro atoms. The van der Waals surface area contributed by atoms with E-state index in [-0.39, 0.29) is 0 Å². The number of nitrogen functional groups attached to an aromatic ring is 1. The highest BCUT2D eigenvalue weighted by atomic mass is 15.3. The van der Waals surface area contributed by atoms with E-state index in [0.29, 0.717) is 5.82 Å². The van der Waals surface area contributed by atoms with Gasteiger partial charge in [0.2, 0.25) is 0 Å². The third-order valence-corrected chi connectivity index (χ3v) is 2.82. The van der Waals surface area contributed by atoms with Gasteiger partial charge in [0.15, 0.2) is 0 Å². The number of rotatable bonds is 2. The SMILES string of the molecule is Nc1ccn(-c2ccc(C3CC3)cc2)n1. The van der Waals surface area contributed by atoms with Gasteiger partial charge in [-0.05, 0) is 36.5 Å². The first-order chi connectivity index (χ1) is 7.33. The van der Waals surface area contributed by atoms with E-state index < -0.39 is 0 Å². The molecule has 2 aromatic rings. The Morgan fingerprint density at radius 3 is 2.40 bits per heavy atom. The minimum atomic E-state index is 0.557. The number of hydrogen-bond acceptors (Lipinski definition) is 2.